The van der Waals surface area contributed by atoms with Crippen molar-refractivity contribution in [1.82, 2.24) is 0 Å². The standard InChI is InChI=1S/C12H15ClN2O3.C12H17ClN2O.C6H3Cl2NO2/c13-10-1-2-11(12(7-10)15(17)18)14-5-3-9(8-16)4-6-14;13-10-1-2-12(11(14)7-10)15-5-3-9(8-16)4-6-15;7-4-1-2-5(8)6(3-4)9(10)11/h1-2,7,9,16H,3-6,8H2;1-2,7,9,16H,3-6,8,14H2;1-3H. The summed E-state index contributed by atoms with van der Waals surface area (Å²) in [5, 5.41) is 40.9. The molecule has 0 radical (unpaired) electrons. The fourth-order valence-electron chi connectivity index (χ4n) is 5.06. The van der Waals surface area contributed by atoms with Crippen molar-refractivity contribution in [2.75, 3.05) is 54.9 Å². The van der Waals surface area contributed by atoms with Gasteiger partial charge in [0.05, 0.1) is 21.2 Å². The van der Waals surface area contributed by atoms with Gasteiger partial charge < -0.3 is 25.7 Å². The molecule has 3 aromatic rings. The van der Waals surface area contributed by atoms with E-state index in [0.29, 0.717) is 39.2 Å². The number of nitrogens with zero attached hydrogens (tertiary/aromatic N) is 4. The Labute approximate surface area is 281 Å². The van der Waals surface area contributed by atoms with Crippen molar-refractivity contribution in [3.05, 3.63) is 94.9 Å². The quantitative estimate of drug-likeness (QED) is 0.134. The molecule has 0 atom stereocenters. The van der Waals surface area contributed by atoms with Gasteiger partial charge >= 0.3 is 0 Å². The Balaban J connectivity index is 0.000000190. The van der Waals surface area contributed by atoms with E-state index in [1.807, 2.05) is 17.0 Å². The summed E-state index contributed by atoms with van der Waals surface area (Å²) in [7, 11) is 0. The highest BCUT2D eigenvalue weighted by Gasteiger charge is 2.25. The predicted octanol–water partition coefficient (Wildman–Crippen LogP) is 7.49. The van der Waals surface area contributed by atoms with Crippen LogP contribution in [-0.4, -0.2) is 59.5 Å². The van der Waals surface area contributed by atoms with Gasteiger partial charge in [-0.3, -0.25) is 20.2 Å². The molecular formula is C30H35Cl4N5O6. The fourth-order valence-corrected chi connectivity index (χ4v) is 5.76. The van der Waals surface area contributed by atoms with Gasteiger partial charge in [0.25, 0.3) is 11.4 Å². The molecule has 11 nitrogen and oxygen atoms in total. The molecule has 0 amide bonds. The Morgan fingerprint density at radius 3 is 1.49 bits per heavy atom. The zero-order chi connectivity index (χ0) is 33.1. The number of aliphatic hydroxyl groups excluding tert-OH is 2. The average molecular weight is 703 g/mol. The van der Waals surface area contributed by atoms with Crippen LogP contribution in [0.3, 0.4) is 0 Å². The van der Waals surface area contributed by atoms with E-state index in [4.69, 9.17) is 62.4 Å². The van der Waals surface area contributed by atoms with E-state index in [2.05, 4.69) is 4.90 Å². The first-order chi connectivity index (χ1) is 21.4. The van der Waals surface area contributed by atoms with Gasteiger partial charge in [-0.25, -0.2) is 0 Å². The van der Waals surface area contributed by atoms with Gasteiger partial charge in [0.1, 0.15) is 10.7 Å². The molecule has 0 unspecified atom stereocenters. The minimum atomic E-state index is -0.575. The summed E-state index contributed by atoms with van der Waals surface area (Å²) >= 11 is 22.6. The molecule has 4 N–H and O–H groups in total. The third-order valence-electron chi connectivity index (χ3n) is 7.66. The lowest BCUT2D eigenvalue weighted by atomic mass is 9.97. The molecule has 244 valence electrons. The third-order valence-corrected chi connectivity index (χ3v) is 8.68. The first kappa shape index (κ1) is 36.4. The number of nitro groups is 2. The Kier molecular flexibility index (Phi) is 14.2. The number of anilines is 3. The van der Waals surface area contributed by atoms with Crippen molar-refractivity contribution in [3.8, 4) is 0 Å². The smallest absolute Gasteiger partial charge is 0.294 e. The molecule has 15 heteroatoms. The van der Waals surface area contributed by atoms with E-state index >= 15 is 0 Å². The van der Waals surface area contributed by atoms with Crippen molar-refractivity contribution >= 4 is 74.8 Å². The molecule has 0 saturated carbocycles. The Bertz CT molecular complexity index is 1450. The molecule has 2 aliphatic heterocycles. The lowest BCUT2D eigenvalue weighted by Crippen LogP contribution is -2.35. The number of nitrogen functional groups attached to an aromatic ring is 1. The Morgan fingerprint density at radius 2 is 1.07 bits per heavy atom. The predicted molar refractivity (Wildman–Crippen MR) is 181 cm³/mol. The van der Waals surface area contributed by atoms with Crippen LogP contribution in [0.2, 0.25) is 20.1 Å². The van der Waals surface area contributed by atoms with Gasteiger partial charge in [-0.1, -0.05) is 46.4 Å². The Morgan fingerprint density at radius 1 is 0.667 bits per heavy atom. The van der Waals surface area contributed by atoms with Crippen LogP contribution in [0.1, 0.15) is 25.7 Å². The van der Waals surface area contributed by atoms with E-state index < -0.39 is 9.85 Å². The van der Waals surface area contributed by atoms with Gasteiger partial charge in [-0.2, -0.15) is 0 Å². The SMILES string of the molecule is Nc1cc(Cl)ccc1N1CCC(CO)CC1.O=[N+]([O-])c1cc(Cl)ccc1Cl.O=[N+]([O-])c1cc(Cl)ccc1N1CCC(CO)CC1. The molecule has 3 aromatic carbocycles. The van der Waals surface area contributed by atoms with E-state index in [0.717, 1.165) is 63.2 Å². The van der Waals surface area contributed by atoms with Crippen molar-refractivity contribution in [2.24, 2.45) is 11.8 Å². The van der Waals surface area contributed by atoms with Crippen LogP contribution in [0, 0.1) is 32.1 Å². The van der Waals surface area contributed by atoms with Crippen LogP contribution in [0.5, 0.6) is 0 Å². The normalized spacial score (nSPS) is 15.4. The largest absolute Gasteiger partial charge is 0.397 e. The van der Waals surface area contributed by atoms with Gasteiger partial charge in [-0.15, -0.1) is 0 Å². The summed E-state index contributed by atoms with van der Waals surface area (Å²) in [5.41, 5.74) is 8.22. The van der Waals surface area contributed by atoms with Gasteiger partial charge in [-0.05, 0) is 80.0 Å². The summed E-state index contributed by atoms with van der Waals surface area (Å²) in [6, 6.07) is 14.5. The van der Waals surface area contributed by atoms with Gasteiger partial charge in [0, 0.05) is 66.6 Å². The highest BCUT2D eigenvalue weighted by Crippen LogP contribution is 2.34. The summed E-state index contributed by atoms with van der Waals surface area (Å²) in [6.07, 6.45) is 3.77. The zero-order valence-electron chi connectivity index (χ0n) is 24.3. The molecule has 2 heterocycles. The maximum absolute atomic E-state index is 11.0. The minimum absolute atomic E-state index is 0.0462. The minimum Gasteiger partial charge on any atom is -0.397 e. The second-order valence-corrected chi connectivity index (χ2v) is 12.4. The van der Waals surface area contributed by atoms with Crippen LogP contribution >= 0.6 is 46.4 Å². The number of rotatable bonds is 6. The van der Waals surface area contributed by atoms with Crippen molar-refractivity contribution < 1.29 is 20.1 Å². The molecule has 0 aliphatic carbocycles. The van der Waals surface area contributed by atoms with Gasteiger partial charge in [0.2, 0.25) is 0 Å². The third kappa shape index (κ3) is 10.8. The number of piperidine rings is 2. The first-order valence-corrected chi connectivity index (χ1v) is 15.7. The van der Waals surface area contributed by atoms with Crippen LogP contribution in [-0.2, 0) is 0 Å². The number of hydrogen-bond donors (Lipinski definition) is 3. The number of benzene rings is 3. The van der Waals surface area contributed by atoms with Crippen molar-refractivity contribution in [3.63, 3.8) is 0 Å². The monoisotopic (exact) mass is 701 g/mol. The topological polar surface area (TPSA) is 159 Å². The lowest BCUT2D eigenvalue weighted by Gasteiger charge is -2.33. The van der Waals surface area contributed by atoms with E-state index in [1.165, 1.54) is 24.3 Å². The molecular weight excluding hydrogens is 668 g/mol. The second kappa shape index (κ2) is 17.6. The van der Waals surface area contributed by atoms with Crippen LogP contribution in [0.15, 0.2) is 54.6 Å². The number of nitro benzene ring substituents is 2. The molecule has 0 spiro atoms. The molecule has 45 heavy (non-hydrogen) atoms. The van der Waals surface area contributed by atoms with Crippen LogP contribution in [0.25, 0.3) is 0 Å². The lowest BCUT2D eigenvalue weighted by molar-refractivity contribution is -0.384. The fraction of sp³-hybridized carbons (Fsp3) is 0.400. The summed E-state index contributed by atoms with van der Waals surface area (Å²) < 4.78 is 0. The van der Waals surface area contributed by atoms with Gasteiger partial charge in [0.15, 0.2) is 0 Å². The maximum atomic E-state index is 11.0. The average Bonchev–Trinajstić information content (AvgIpc) is 3.03. The number of hydrogen-bond acceptors (Lipinski definition) is 9. The summed E-state index contributed by atoms with van der Waals surface area (Å²) in [6.45, 7) is 3.86. The molecule has 0 bridgehead atoms. The highest BCUT2D eigenvalue weighted by atomic mass is 35.5. The summed E-state index contributed by atoms with van der Waals surface area (Å²) in [5.74, 6) is 0.761. The zero-order valence-corrected chi connectivity index (χ0v) is 27.4. The van der Waals surface area contributed by atoms with E-state index in [9.17, 15) is 20.2 Å². The summed E-state index contributed by atoms with van der Waals surface area (Å²) in [4.78, 5) is 24.5. The van der Waals surface area contributed by atoms with E-state index in [-0.39, 0.29) is 23.0 Å². The van der Waals surface area contributed by atoms with Crippen molar-refractivity contribution in [1.29, 1.82) is 0 Å². The molecule has 2 fully saturated rings. The first-order valence-electron chi connectivity index (χ1n) is 14.2. The molecule has 5 rings (SSSR count). The number of nitrogens with two attached hydrogens (primary N) is 1. The molecule has 0 aromatic heterocycles. The second-order valence-electron chi connectivity index (χ2n) is 10.7. The molecule has 2 saturated heterocycles. The number of aliphatic hydroxyl groups is 2. The Hall–Kier alpha value is -3.06. The molecule has 2 aliphatic rings. The van der Waals surface area contributed by atoms with E-state index in [1.54, 1.807) is 18.2 Å². The maximum Gasteiger partial charge on any atom is 0.294 e. The van der Waals surface area contributed by atoms with Crippen molar-refractivity contribution in [2.45, 2.75) is 25.7 Å². The number of halogens is 4. The van der Waals surface area contributed by atoms with Crippen LogP contribution in [0.4, 0.5) is 28.4 Å². The van der Waals surface area contributed by atoms with Crippen LogP contribution < -0.4 is 15.5 Å². The highest BCUT2D eigenvalue weighted by molar-refractivity contribution is 6.34.